The number of rotatable bonds is 3. The fraction of sp³-hybridized carbons (Fsp3) is 0.455. The van der Waals surface area contributed by atoms with Crippen molar-refractivity contribution in [2.24, 2.45) is 5.73 Å². The number of hydrogen-bond acceptors (Lipinski definition) is 1. The molecule has 0 unspecified atom stereocenters. The van der Waals surface area contributed by atoms with Crippen molar-refractivity contribution in [2.45, 2.75) is 25.7 Å². The quantitative estimate of drug-likeness (QED) is 0.894. The van der Waals surface area contributed by atoms with Crippen LogP contribution in [-0.2, 0) is 5.41 Å². The average Bonchev–Trinajstić information content (AvgIpc) is 2.02. The zero-order valence-electron chi connectivity index (χ0n) is 8.48. The van der Waals surface area contributed by atoms with Crippen LogP contribution < -0.4 is 5.73 Å². The maximum absolute atomic E-state index is 6.18. The Hall–Kier alpha value is -0.0500. The fourth-order valence-electron chi connectivity index (χ4n) is 1.53. The highest BCUT2D eigenvalue weighted by molar-refractivity contribution is 9.10. The summed E-state index contributed by atoms with van der Waals surface area (Å²) in [6.07, 6.45) is 0.939. The van der Waals surface area contributed by atoms with E-state index in [1.165, 1.54) is 0 Å². The predicted octanol–water partition coefficient (Wildman–Crippen LogP) is 3.73. The molecule has 0 spiro atoms. The summed E-state index contributed by atoms with van der Waals surface area (Å²) in [6, 6.07) is 6.00. The predicted molar refractivity (Wildman–Crippen MR) is 65.8 cm³/mol. The molecule has 0 aliphatic carbocycles. The van der Waals surface area contributed by atoms with E-state index in [1.54, 1.807) is 0 Å². The fourth-order valence-corrected chi connectivity index (χ4v) is 2.46. The Balaban J connectivity index is 3.06. The third-order valence-electron chi connectivity index (χ3n) is 2.43. The Kier molecular flexibility index (Phi) is 3.99. The van der Waals surface area contributed by atoms with Crippen LogP contribution in [0.1, 0.15) is 25.8 Å². The van der Waals surface area contributed by atoms with Gasteiger partial charge in [0.1, 0.15) is 0 Å². The Morgan fingerprint density at radius 3 is 2.57 bits per heavy atom. The molecular weight excluding hydrogens is 261 g/mol. The summed E-state index contributed by atoms with van der Waals surface area (Å²) in [4.78, 5) is 0. The molecule has 0 saturated carbocycles. The van der Waals surface area contributed by atoms with Gasteiger partial charge in [-0.25, -0.2) is 0 Å². The second-order valence-corrected chi connectivity index (χ2v) is 5.37. The average molecular weight is 277 g/mol. The van der Waals surface area contributed by atoms with E-state index in [1.807, 2.05) is 12.1 Å². The molecule has 0 aromatic heterocycles. The molecule has 1 rings (SSSR count). The maximum atomic E-state index is 6.18. The second kappa shape index (κ2) is 4.65. The highest BCUT2D eigenvalue weighted by Crippen LogP contribution is 2.33. The molecule has 0 aliphatic rings. The lowest BCUT2D eigenvalue weighted by Gasteiger charge is -2.25. The number of halogens is 2. The first-order valence-electron chi connectivity index (χ1n) is 4.63. The molecule has 0 aliphatic heterocycles. The van der Waals surface area contributed by atoms with Gasteiger partial charge in [-0.1, -0.05) is 47.4 Å². The molecule has 0 heterocycles. The molecule has 1 aromatic rings. The van der Waals surface area contributed by atoms with Gasteiger partial charge in [-0.3, -0.25) is 0 Å². The van der Waals surface area contributed by atoms with Gasteiger partial charge in [-0.15, -0.1) is 0 Å². The highest BCUT2D eigenvalue weighted by Gasteiger charge is 2.22. The minimum atomic E-state index is 0.0481. The normalized spacial score (nSPS) is 11.8. The maximum Gasteiger partial charge on any atom is 0.0454 e. The molecule has 78 valence electrons. The van der Waals surface area contributed by atoms with Crippen LogP contribution in [0.3, 0.4) is 0 Å². The molecule has 1 aromatic carbocycles. The molecule has 0 saturated heterocycles. The molecule has 1 nitrogen and oxygen atoms in total. The van der Waals surface area contributed by atoms with E-state index in [9.17, 15) is 0 Å². The van der Waals surface area contributed by atoms with Crippen molar-refractivity contribution in [3.05, 3.63) is 33.3 Å². The Morgan fingerprint density at radius 1 is 1.43 bits per heavy atom. The zero-order chi connectivity index (χ0) is 10.8. The van der Waals surface area contributed by atoms with Gasteiger partial charge < -0.3 is 5.73 Å². The minimum Gasteiger partial charge on any atom is -0.330 e. The van der Waals surface area contributed by atoms with E-state index in [-0.39, 0.29) is 5.41 Å². The van der Waals surface area contributed by atoms with E-state index >= 15 is 0 Å². The van der Waals surface area contributed by atoms with Crippen LogP contribution in [0.25, 0.3) is 0 Å². The molecule has 0 bridgehead atoms. The standard InChI is InChI=1S/C11H15BrClN/c1-11(2,5-6-14)9-4-3-8(12)7-10(9)13/h3-4,7H,5-6,14H2,1-2H3. The summed E-state index contributed by atoms with van der Waals surface area (Å²) in [5, 5.41) is 0.804. The van der Waals surface area contributed by atoms with Crippen molar-refractivity contribution in [3.63, 3.8) is 0 Å². The van der Waals surface area contributed by atoms with Gasteiger partial charge in [0.25, 0.3) is 0 Å². The molecule has 0 atom stereocenters. The van der Waals surface area contributed by atoms with E-state index in [0.29, 0.717) is 6.54 Å². The van der Waals surface area contributed by atoms with Crippen molar-refractivity contribution < 1.29 is 0 Å². The lowest BCUT2D eigenvalue weighted by Crippen LogP contribution is -2.22. The van der Waals surface area contributed by atoms with Crippen LogP contribution in [0.5, 0.6) is 0 Å². The van der Waals surface area contributed by atoms with Gasteiger partial charge in [0.2, 0.25) is 0 Å². The molecule has 0 radical (unpaired) electrons. The molecule has 3 heteroatoms. The first kappa shape index (κ1) is 12.0. The van der Waals surface area contributed by atoms with Gasteiger partial charge in [-0.2, -0.15) is 0 Å². The van der Waals surface area contributed by atoms with E-state index in [0.717, 1.165) is 21.5 Å². The third-order valence-corrected chi connectivity index (χ3v) is 3.24. The molecule has 2 N–H and O–H groups in total. The van der Waals surface area contributed by atoms with Crippen LogP contribution in [0.4, 0.5) is 0 Å². The summed E-state index contributed by atoms with van der Waals surface area (Å²) in [7, 11) is 0. The van der Waals surface area contributed by atoms with Crippen LogP contribution >= 0.6 is 27.5 Å². The molecule has 0 amide bonds. The number of benzene rings is 1. The highest BCUT2D eigenvalue weighted by atomic mass is 79.9. The van der Waals surface area contributed by atoms with Gasteiger partial charge in [0, 0.05) is 9.50 Å². The van der Waals surface area contributed by atoms with Crippen molar-refractivity contribution in [3.8, 4) is 0 Å². The third kappa shape index (κ3) is 2.72. The number of nitrogens with two attached hydrogens (primary N) is 1. The summed E-state index contributed by atoms with van der Waals surface area (Å²) in [5.74, 6) is 0. The lowest BCUT2D eigenvalue weighted by molar-refractivity contribution is 0.488. The summed E-state index contributed by atoms with van der Waals surface area (Å²) in [6.45, 7) is 5.00. The SMILES string of the molecule is CC(C)(CCN)c1ccc(Br)cc1Cl. The monoisotopic (exact) mass is 275 g/mol. The van der Waals surface area contributed by atoms with E-state index in [2.05, 4.69) is 35.8 Å². The van der Waals surface area contributed by atoms with Crippen molar-refractivity contribution >= 4 is 27.5 Å². The Labute approximate surface area is 98.8 Å². The Morgan fingerprint density at radius 2 is 2.07 bits per heavy atom. The second-order valence-electron chi connectivity index (χ2n) is 4.05. The topological polar surface area (TPSA) is 26.0 Å². The van der Waals surface area contributed by atoms with Crippen molar-refractivity contribution in [2.75, 3.05) is 6.54 Å². The first-order valence-corrected chi connectivity index (χ1v) is 5.80. The van der Waals surface area contributed by atoms with Crippen LogP contribution in [-0.4, -0.2) is 6.54 Å². The summed E-state index contributed by atoms with van der Waals surface area (Å²) >= 11 is 9.57. The molecule has 0 fully saturated rings. The van der Waals surface area contributed by atoms with Gasteiger partial charge in [0.05, 0.1) is 0 Å². The van der Waals surface area contributed by atoms with Crippen LogP contribution in [0.15, 0.2) is 22.7 Å². The van der Waals surface area contributed by atoms with Crippen LogP contribution in [0, 0.1) is 0 Å². The van der Waals surface area contributed by atoms with Crippen LogP contribution in [0.2, 0.25) is 5.02 Å². The van der Waals surface area contributed by atoms with Gasteiger partial charge in [-0.05, 0) is 36.1 Å². The van der Waals surface area contributed by atoms with Crippen molar-refractivity contribution in [1.29, 1.82) is 0 Å². The molecule has 14 heavy (non-hydrogen) atoms. The minimum absolute atomic E-state index is 0.0481. The Bertz CT molecular complexity index is 323. The lowest BCUT2D eigenvalue weighted by atomic mass is 9.81. The van der Waals surface area contributed by atoms with Crippen molar-refractivity contribution in [1.82, 2.24) is 0 Å². The summed E-state index contributed by atoms with van der Waals surface area (Å²) in [5.41, 5.74) is 6.79. The summed E-state index contributed by atoms with van der Waals surface area (Å²) < 4.78 is 1.01. The smallest absolute Gasteiger partial charge is 0.0454 e. The number of hydrogen-bond donors (Lipinski definition) is 1. The largest absolute Gasteiger partial charge is 0.330 e. The van der Waals surface area contributed by atoms with E-state index in [4.69, 9.17) is 17.3 Å². The first-order chi connectivity index (χ1) is 6.47. The zero-order valence-corrected chi connectivity index (χ0v) is 10.8. The van der Waals surface area contributed by atoms with Gasteiger partial charge >= 0.3 is 0 Å². The van der Waals surface area contributed by atoms with E-state index < -0.39 is 0 Å². The molecular formula is C11H15BrClN. The van der Waals surface area contributed by atoms with Gasteiger partial charge in [0.15, 0.2) is 0 Å².